The molecule has 65 heavy (non-hydrogen) atoms. The van der Waals surface area contributed by atoms with Crippen molar-refractivity contribution < 1.29 is 77.8 Å². The molecular formula is C37H52N12O16. The lowest BCUT2D eigenvalue weighted by molar-refractivity contribution is -0.170. The van der Waals surface area contributed by atoms with Crippen LogP contribution in [0, 0.1) is 6.92 Å². The first kappa shape index (κ1) is 54.1. The number of pyridine rings is 1. The molecule has 356 valence electrons. The van der Waals surface area contributed by atoms with Crippen molar-refractivity contribution >= 4 is 65.2 Å². The van der Waals surface area contributed by atoms with E-state index in [1.165, 1.54) is 11.1 Å². The maximum atomic E-state index is 11.8. The molecule has 0 aliphatic carbocycles. The Kier molecular flexibility index (Phi) is 24.5. The summed E-state index contributed by atoms with van der Waals surface area (Å²) in [6.07, 6.45) is 2.35. The van der Waals surface area contributed by atoms with Crippen molar-refractivity contribution in [1.29, 1.82) is 0 Å². The van der Waals surface area contributed by atoms with Crippen LogP contribution in [0.5, 0.6) is 0 Å². The van der Waals surface area contributed by atoms with E-state index < -0.39 is 61.4 Å². The second-order valence-corrected chi connectivity index (χ2v) is 13.8. The Hall–Kier alpha value is -7.01. The van der Waals surface area contributed by atoms with Gasteiger partial charge in [-0.2, -0.15) is 0 Å². The van der Waals surface area contributed by atoms with Crippen molar-refractivity contribution in [3.05, 3.63) is 24.2 Å². The molecule has 0 atom stereocenters. The summed E-state index contributed by atoms with van der Waals surface area (Å²) in [4.78, 5) is 121. The fourth-order valence-electron chi connectivity index (χ4n) is 5.46. The zero-order valence-electron chi connectivity index (χ0n) is 35.7. The predicted molar refractivity (Wildman–Crippen MR) is 218 cm³/mol. The van der Waals surface area contributed by atoms with E-state index in [0.717, 1.165) is 4.90 Å². The number of carboxylic acids is 3. The maximum absolute atomic E-state index is 11.8. The van der Waals surface area contributed by atoms with Crippen molar-refractivity contribution in [2.24, 2.45) is 0 Å². The summed E-state index contributed by atoms with van der Waals surface area (Å²) in [5, 5.41) is 58.0. The molecular weight excluding hydrogens is 868 g/mol. The average molecular weight is 921 g/mol. The molecule has 4 rings (SSSR count). The number of anilines is 1. The second kappa shape index (κ2) is 29.4. The lowest BCUT2D eigenvalue weighted by Gasteiger charge is -2.28. The highest BCUT2D eigenvalue weighted by molar-refractivity contribution is 5.91. The van der Waals surface area contributed by atoms with Gasteiger partial charge in [-0.25, -0.2) is 0 Å². The van der Waals surface area contributed by atoms with E-state index in [2.05, 4.69) is 50.8 Å². The number of ether oxygens (including phenoxy) is 2. The quantitative estimate of drug-likeness (QED) is 0.0409. The van der Waals surface area contributed by atoms with E-state index in [4.69, 9.17) is 20.4 Å². The van der Waals surface area contributed by atoms with Crippen molar-refractivity contribution in [3.8, 4) is 11.5 Å². The Morgan fingerprint density at radius 2 is 1.15 bits per heavy atom. The van der Waals surface area contributed by atoms with Crippen molar-refractivity contribution in [1.82, 2.24) is 55.6 Å². The number of rotatable bonds is 23. The molecule has 2 aromatic rings. The van der Waals surface area contributed by atoms with Gasteiger partial charge in [-0.15, -0.1) is 20.4 Å². The molecule has 0 unspecified atom stereocenters. The minimum Gasteiger partial charge on any atom is -0.480 e. The van der Waals surface area contributed by atoms with Gasteiger partial charge in [0.15, 0.2) is 5.82 Å². The van der Waals surface area contributed by atoms with E-state index in [1.54, 1.807) is 35.8 Å². The molecule has 2 aliphatic rings. The topological polar surface area (TPSA) is 384 Å². The third-order valence-electron chi connectivity index (χ3n) is 8.25. The predicted octanol–water partition coefficient (Wildman–Crippen LogP) is -4.41. The Morgan fingerprint density at radius 3 is 1.58 bits per heavy atom. The molecule has 2 aromatic heterocycles. The van der Waals surface area contributed by atoms with Gasteiger partial charge in [-0.1, -0.05) is 0 Å². The van der Waals surface area contributed by atoms with Crippen LogP contribution in [0.1, 0.15) is 32.0 Å². The van der Waals surface area contributed by atoms with Crippen LogP contribution in [-0.4, -0.2) is 223 Å². The van der Waals surface area contributed by atoms with Gasteiger partial charge in [0.25, 0.3) is 0 Å². The number of nitrogens with one attached hydrogen (secondary N) is 3. The summed E-state index contributed by atoms with van der Waals surface area (Å²) >= 11 is 0. The largest absolute Gasteiger partial charge is 0.480 e. The monoisotopic (exact) mass is 920 g/mol. The van der Waals surface area contributed by atoms with Crippen LogP contribution in [0.2, 0.25) is 0 Å². The number of aromatic nitrogens is 5. The normalized spacial score (nSPS) is 13.9. The lowest BCUT2D eigenvalue weighted by Crippen LogP contribution is -2.49. The Bertz CT molecular complexity index is 1870. The zero-order valence-corrected chi connectivity index (χ0v) is 35.7. The molecule has 28 nitrogen and oxygen atoms in total. The molecule has 7 N–H and O–H groups in total. The molecule has 0 aromatic carbocycles. The van der Waals surface area contributed by atoms with Gasteiger partial charge in [-0.05, 0) is 32.4 Å². The van der Waals surface area contributed by atoms with Crippen LogP contribution >= 0.6 is 0 Å². The van der Waals surface area contributed by atoms with Crippen LogP contribution in [0.3, 0.4) is 0 Å². The highest BCUT2D eigenvalue weighted by Crippen LogP contribution is 2.14. The third kappa shape index (κ3) is 24.4. The number of carbonyl (C=O) groups excluding carboxylic acids is 7. The number of aliphatic hydroxyl groups is 1. The van der Waals surface area contributed by atoms with Crippen molar-refractivity contribution in [3.63, 3.8) is 0 Å². The zero-order chi connectivity index (χ0) is 48.3. The number of carboxylic acid groups (broad SMARTS) is 3. The van der Waals surface area contributed by atoms with Gasteiger partial charge >= 0.3 is 41.8 Å². The number of amides is 3. The maximum Gasteiger partial charge on any atom is 0.327 e. The van der Waals surface area contributed by atoms with Crippen molar-refractivity contribution in [2.75, 3.05) is 104 Å². The number of aryl methyl sites for hydroxylation is 1. The van der Waals surface area contributed by atoms with Crippen LogP contribution < -0.4 is 16.0 Å². The van der Waals surface area contributed by atoms with E-state index in [-0.39, 0.29) is 89.5 Å². The van der Waals surface area contributed by atoms with Gasteiger partial charge in [-0.3, -0.25) is 72.5 Å². The lowest BCUT2D eigenvalue weighted by atomic mass is 10.2. The molecule has 3 amide bonds. The number of esters is 4. The van der Waals surface area contributed by atoms with Crippen LogP contribution in [0.25, 0.3) is 11.5 Å². The van der Waals surface area contributed by atoms with E-state index in [9.17, 15) is 47.9 Å². The van der Waals surface area contributed by atoms with Gasteiger partial charge in [0.2, 0.25) is 23.5 Å². The molecule has 0 saturated carbocycles. The second-order valence-electron chi connectivity index (χ2n) is 13.8. The first-order chi connectivity index (χ1) is 30.8. The molecule has 0 spiro atoms. The number of carbonyl (C=O) groups is 10. The molecule has 28 heteroatoms. The van der Waals surface area contributed by atoms with Gasteiger partial charge in [0, 0.05) is 52.1 Å². The number of aliphatic carboxylic acids is 3. The van der Waals surface area contributed by atoms with Crippen molar-refractivity contribution in [2.45, 2.75) is 33.1 Å². The van der Waals surface area contributed by atoms with Crippen LogP contribution in [0.4, 0.5) is 5.69 Å². The summed E-state index contributed by atoms with van der Waals surface area (Å²) in [6, 6.07) is 3.34. The minimum absolute atomic E-state index is 0.0191. The first-order valence-electron chi connectivity index (χ1n) is 19.8. The molecule has 4 heterocycles. The highest BCUT2D eigenvalue weighted by Gasteiger charge is 2.28. The number of morpholine rings is 2. The fraction of sp³-hybridized carbons (Fsp3) is 0.541. The molecule has 0 bridgehead atoms. The molecule has 0 radical (unpaired) electrons. The summed E-state index contributed by atoms with van der Waals surface area (Å²) in [7, 11) is 0. The fourth-order valence-corrected chi connectivity index (χ4v) is 5.46. The van der Waals surface area contributed by atoms with Gasteiger partial charge in [0.05, 0.1) is 70.8 Å². The Labute approximate surface area is 370 Å². The van der Waals surface area contributed by atoms with E-state index >= 15 is 0 Å². The Balaban J connectivity index is 0.000000339. The van der Waals surface area contributed by atoms with Crippen LogP contribution in [0.15, 0.2) is 18.3 Å². The summed E-state index contributed by atoms with van der Waals surface area (Å²) < 4.78 is 8.76. The number of nitrogens with zero attached hydrogens (tertiary/aromatic N) is 9. The van der Waals surface area contributed by atoms with E-state index in [0.29, 0.717) is 49.1 Å². The SMILES string of the molecule is CCNC(=O)CN(CCN(CC(=O)O)CC(=O)O)CC(=O)O.Cc1nnc(-c2ccc(NC(=O)CCCC(=O)NCCO)cn2)nn1.O=C1CN(CCN2CC(=O)OC(=O)C2)CC(=O)O1. The first-order valence-corrected chi connectivity index (χ1v) is 19.8. The standard InChI is InChI=1S/C15H19N7O3.C12H21N3O7.C10H12N2O6/c1-10-19-21-15(22-20-10)12-6-5-11(9-17-12)18-14(25)4-2-3-13(24)16-7-8-23;1-2-13-9(16)5-14(6-10(17)18)3-4-15(7-11(19)20)8-12(21)22;13-7-3-11(4-8(14)17-7)1-2-12-5-9(15)18-10(16)6-12/h5-6,9,23H,2-4,7-8H2,1H3,(H,16,24)(H,18,25);2-8H2,1H3,(H,13,16)(H,17,18)(H,19,20)(H,21,22);1-6H2. The summed E-state index contributed by atoms with van der Waals surface area (Å²) in [5.74, 6) is -5.81. The van der Waals surface area contributed by atoms with Gasteiger partial charge < -0.3 is 45.9 Å². The number of hydrogen-bond donors (Lipinski definition) is 7. The molecule has 2 saturated heterocycles. The van der Waals surface area contributed by atoms with E-state index in [1.807, 2.05) is 0 Å². The van der Waals surface area contributed by atoms with Crippen LogP contribution in [-0.2, 0) is 57.4 Å². The third-order valence-corrected chi connectivity index (χ3v) is 8.25. The molecule has 2 aliphatic heterocycles. The summed E-state index contributed by atoms with van der Waals surface area (Å²) in [6.45, 7) is 3.47. The number of hydrogen-bond acceptors (Lipinski definition) is 22. The minimum atomic E-state index is -1.19. The number of aliphatic hydroxyl groups excluding tert-OH is 1. The average Bonchev–Trinajstić information content (AvgIpc) is 3.21. The smallest absolute Gasteiger partial charge is 0.327 e. The Morgan fingerprint density at radius 1 is 0.677 bits per heavy atom. The highest BCUT2D eigenvalue weighted by atomic mass is 16.6. The van der Waals surface area contributed by atoms with Gasteiger partial charge in [0.1, 0.15) is 5.69 Å². The molecule has 2 fully saturated rings. The summed E-state index contributed by atoms with van der Waals surface area (Å²) in [5.41, 5.74) is 1.03. The number of cyclic esters (lactones) is 4. The number of likely N-dealkylation sites (N-methyl/N-ethyl adjacent to an activating group) is 1.